The predicted molar refractivity (Wildman–Crippen MR) is 82.5 cm³/mol. The molecule has 118 valence electrons. The van der Waals surface area contributed by atoms with Crippen molar-refractivity contribution in [3.8, 4) is 0 Å². The second-order valence-electron chi connectivity index (χ2n) is 5.98. The zero-order valence-corrected chi connectivity index (χ0v) is 13.6. The molecule has 0 bridgehead atoms. The standard InChI is InChI=1S/C15H24N2O3S/c1-11(16-10-12-8-14(18)9-12)13-4-6-15(7-5-13)21(19,20)17(2)3/h4-7,11-12,14,16,18H,8-10H2,1-3H3. The van der Waals surface area contributed by atoms with E-state index in [4.69, 9.17) is 0 Å². The lowest BCUT2D eigenvalue weighted by Crippen LogP contribution is -2.36. The molecule has 2 rings (SSSR count). The van der Waals surface area contributed by atoms with Gasteiger partial charge in [0, 0.05) is 20.1 Å². The third kappa shape index (κ3) is 3.83. The Morgan fingerprint density at radius 1 is 1.29 bits per heavy atom. The van der Waals surface area contributed by atoms with Crippen LogP contribution in [0.3, 0.4) is 0 Å². The molecule has 1 aliphatic carbocycles. The number of sulfonamides is 1. The van der Waals surface area contributed by atoms with Crippen LogP contribution in [0.4, 0.5) is 0 Å². The number of nitrogens with zero attached hydrogens (tertiary/aromatic N) is 1. The van der Waals surface area contributed by atoms with Crippen LogP contribution in [0, 0.1) is 5.92 Å². The molecule has 0 saturated heterocycles. The van der Waals surface area contributed by atoms with Gasteiger partial charge in [0.2, 0.25) is 10.0 Å². The first-order valence-electron chi connectivity index (χ1n) is 7.24. The molecule has 0 radical (unpaired) electrons. The van der Waals surface area contributed by atoms with Crippen molar-refractivity contribution >= 4 is 10.0 Å². The minimum atomic E-state index is -3.36. The van der Waals surface area contributed by atoms with E-state index in [0.29, 0.717) is 10.8 Å². The van der Waals surface area contributed by atoms with Gasteiger partial charge in [0.05, 0.1) is 11.0 Å². The zero-order chi connectivity index (χ0) is 15.6. The van der Waals surface area contributed by atoms with Gasteiger partial charge in [-0.05, 0) is 49.9 Å². The third-order valence-electron chi connectivity index (χ3n) is 4.08. The van der Waals surface area contributed by atoms with Crippen molar-refractivity contribution in [1.29, 1.82) is 0 Å². The Labute approximate surface area is 127 Å². The molecule has 0 aliphatic heterocycles. The van der Waals surface area contributed by atoms with Crippen LogP contribution in [0.5, 0.6) is 0 Å². The molecule has 1 aromatic rings. The van der Waals surface area contributed by atoms with Gasteiger partial charge in [-0.2, -0.15) is 0 Å². The monoisotopic (exact) mass is 312 g/mol. The molecule has 5 nitrogen and oxygen atoms in total. The van der Waals surface area contributed by atoms with Gasteiger partial charge in [0.15, 0.2) is 0 Å². The van der Waals surface area contributed by atoms with Crippen LogP contribution in [0.1, 0.15) is 31.4 Å². The number of nitrogens with one attached hydrogen (secondary N) is 1. The summed E-state index contributed by atoms with van der Waals surface area (Å²) in [5.41, 5.74) is 1.06. The fraction of sp³-hybridized carbons (Fsp3) is 0.600. The molecular weight excluding hydrogens is 288 g/mol. The van der Waals surface area contributed by atoms with Crippen LogP contribution in [0.15, 0.2) is 29.2 Å². The van der Waals surface area contributed by atoms with Gasteiger partial charge in [0.1, 0.15) is 0 Å². The Kier molecular flexibility index (Phi) is 5.03. The summed E-state index contributed by atoms with van der Waals surface area (Å²) in [5.74, 6) is 0.552. The van der Waals surface area contributed by atoms with Crippen LogP contribution < -0.4 is 5.32 Å². The fourth-order valence-corrected chi connectivity index (χ4v) is 3.37. The largest absolute Gasteiger partial charge is 0.393 e. The summed E-state index contributed by atoms with van der Waals surface area (Å²) < 4.78 is 25.2. The summed E-state index contributed by atoms with van der Waals surface area (Å²) in [7, 11) is -0.304. The minimum absolute atomic E-state index is 0.123. The maximum absolute atomic E-state index is 12.0. The van der Waals surface area contributed by atoms with E-state index >= 15 is 0 Å². The van der Waals surface area contributed by atoms with Gasteiger partial charge in [-0.3, -0.25) is 0 Å². The first-order valence-corrected chi connectivity index (χ1v) is 8.68. The average molecular weight is 312 g/mol. The molecule has 1 atom stereocenters. The highest BCUT2D eigenvalue weighted by atomic mass is 32.2. The Morgan fingerprint density at radius 2 is 1.86 bits per heavy atom. The lowest BCUT2D eigenvalue weighted by atomic mass is 9.82. The number of hydrogen-bond donors (Lipinski definition) is 2. The van der Waals surface area contributed by atoms with Crippen LogP contribution in [-0.2, 0) is 10.0 Å². The van der Waals surface area contributed by atoms with E-state index < -0.39 is 10.0 Å². The van der Waals surface area contributed by atoms with Crippen molar-refractivity contribution in [1.82, 2.24) is 9.62 Å². The molecule has 1 fully saturated rings. The SMILES string of the molecule is CC(NCC1CC(O)C1)c1ccc(S(=O)(=O)N(C)C)cc1. The predicted octanol–water partition coefficient (Wildman–Crippen LogP) is 1.36. The summed E-state index contributed by atoms with van der Waals surface area (Å²) >= 11 is 0. The molecule has 1 saturated carbocycles. The Hall–Kier alpha value is -0.950. The van der Waals surface area contributed by atoms with Crippen molar-refractivity contribution in [3.05, 3.63) is 29.8 Å². The second kappa shape index (κ2) is 6.44. The topological polar surface area (TPSA) is 69.6 Å². The molecule has 2 N–H and O–H groups in total. The summed E-state index contributed by atoms with van der Waals surface area (Å²) in [6.07, 6.45) is 1.63. The molecule has 0 heterocycles. The molecule has 1 aromatic carbocycles. The van der Waals surface area contributed by atoms with Gasteiger partial charge in [-0.25, -0.2) is 12.7 Å². The molecule has 0 amide bonds. The third-order valence-corrected chi connectivity index (χ3v) is 5.91. The fourth-order valence-electron chi connectivity index (χ4n) is 2.47. The van der Waals surface area contributed by atoms with Crippen LogP contribution in [-0.4, -0.2) is 44.6 Å². The van der Waals surface area contributed by atoms with Crippen molar-refractivity contribution < 1.29 is 13.5 Å². The molecular formula is C15H24N2O3S. The average Bonchev–Trinajstić information content (AvgIpc) is 2.42. The lowest BCUT2D eigenvalue weighted by Gasteiger charge is -2.32. The summed E-state index contributed by atoms with van der Waals surface area (Å²) in [5, 5.41) is 12.7. The highest BCUT2D eigenvalue weighted by Gasteiger charge is 2.27. The van der Waals surface area contributed by atoms with Crippen molar-refractivity contribution in [2.45, 2.75) is 36.8 Å². The minimum Gasteiger partial charge on any atom is -0.393 e. The first-order chi connectivity index (χ1) is 9.80. The molecule has 0 spiro atoms. The van der Waals surface area contributed by atoms with E-state index in [-0.39, 0.29) is 12.1 Å². The summed E-state index contributed by atoms with van der Waals surface area (Å²) in [6.45, 7) is 2.94. The van der Waals surface area contributed by atoms with E-state index in [1.807, 2.05) is 12.1 Å². The van der Waals surface area contributed by atoms with Gasteiger partial charge in [-0.15, -0.1) is 0 Å². The van der Waals surface area contributed by atoms with E-state index in [2.05, 4.69) is 12.2 Å². The van der Waals surface area contributed by atoms with Gasteiger partial charge in [0.25, 0.3) is 0 Å². The molecule has 21 heavy (non-hydrogen) atoms. The smallest absolute Gasteiger partial charge is 0.242 e. The number of rotatable bonds is 6. The van der Waals surface area contributed by atoms with E-state index in [1.54, 1.807) is 12.1 Å². The molecule has 6 heteroatoms. The van der Waals surface area contributed by atoms with Crippen LogP contribution in [0.2, 0.25) is 0 Å². The highest BCUT2D eigenvalue weighted by molar-refractivity contribution is 7.89. The molecule has 1 unspecified atom stereocenters. The lowest BCUT2D eigenvalue weighted by molar-refractivity contribution is 0.0420. The highest BCUT2D eigenvalue weighted by Crippen LogP contribution is 2.27. The number of aliphatic hydroxyl groups is 1. The normalized spacial score (nSPS) is 23.9. The van der Waals surface area contributed by atoms with Crippen molar-refractivity contribution in [2.75, 3.05) is 20.6 Å². The Morgan fingerprint density at radius 3 is 2.33 bits per heavy atom. The van der Waals surface area contributed by atoms with Gasteiger partial charge < -0.3 is 10.4 Å². The summed E-state index contributed by atoms with van der Waals surface area (Å²) in [6, 6.07) is 7.16. The second-order valence-corrected chi connectivity index (χ2v) is 8.13. The van der Waals surface area contributed by atoms with Crippen LogP contribution in [0.25, 0.3) is 0 Å². The van der Waals surface area contributed by atoms with E-state index in [0.717, 1.165) is 24.9 Å². The Bertz CT molecular complexity index is 563. The quantitative estimate of drug-likeness (QED) is 0.832. The van der Waals surface area contributed by atoms with Crippen molar-refractivity contribution in [2.24, 2.45) is 5.92 Å². The first kappa shape index (κ1) is 16.4. The van der Waals surface area contributed by atoms with Crippen LogP contribution >= 0.6 is 0 Å². The number of aliphatic hydroxyl groups excluding tert-OH is 1. The van der Waals surface area contributed by atoms with Gasteiger partial charge in [-0.1, -0.05) is 12.1 Å². The number of benzene rings is 1. The number of hydrogen-bond acceptors (Lipinski definition) is 4. The maximum atomic E-state index is 12.0. The van der Waals surface area contributed by atoms with E-state index in [1.165, 1.54) is 18.4 Å². The summed E-state index contributed by atoms with van der Waals surface area (Å²) in [4.78, 5) is 0.311. The molecule has 0 aromatic heterocycles. The maximum Gasteiger partial charge on any atom is 0.242 e. The Balaban J connectivity index is 1.95. The van der Waals surface area contributed by atoms with E-state index in [9.17, 15) is 13.5 Å². The molecule has 1 aliphatic rings. The van der Waals surface area contributed by atoms with Gasteiger partial charge >= 0.3 is 0 Å². The zero-order valence-electron chi connectivity index (χ0n) is 12.8. The van der Waals surface area contributed by atoms with Crippen molar-refractivity contribution in [3.63, 3.8) is 0 Å².